The largest absolute Gasteiger partial charge is 0.478 e. The lowest BCUT2D eigenvalue weighted by Gasteiger charge is -2.30. The van der Waals surface area contributed by atoms with Crippen molar-refractivity contribution in [3.63, 3.8) is 0 Å². The van der Waals surface area contributed by atoms with E-state index in [9.17, 15) is 18.0 Å². The van der Waals surface area contributed by atoms with E-state index in [1.54, 1.807) is 4.90 Å². The van der Waals surface area contributed by atoms with Gasteiger partial charge in [0.05, 0.1) is 30.0 Å². The number of alkyl halides is 3. The van der Waals surface area contributed by atoms with E-state index in [1.807, 2.05) is 0 Å². The lowest BCUT2D eigenvalue weighted by atomic mass is 10.1. The molecule has 1 N–H and O–H groups in total. The molecule has 0 saturated carbocycles. The van der Waals surface area contributed by atoms with Crippen LogP contribution in [-0.4, -0.2) is 37.4 Å². The molecule has 1 fully saturated rings. The molecule has 0 bridgehead atoms. The molecule has 0 spiro atoms. The Morgan fingerprint density at radius 2 is 1.89 bits per heavy atom. The predicted molar refractivity (Wildman–Crippen MR) is 61.4 cm³/mol. The molecule has 0 aromatic heterocycles. The van der Waals surface area contributed by atoms with Crippen LogP contribution in [0, 0.1) is 0 Å². The SMILES string of the molecule is O=C(O)c1cc(C(F)(F)F)ccc1N1CCOCC1. The molecule has 1 saturated heterocycles. The fourth-order valence-corrected chi connectivity index (χ4v) is 1.96. The van der Waals surface area contributed by atoms with Crippen LogP contribution < -0.4 is 4.90 Å². The maximum Gasteiger partial charge on any atom is 0.416 e. The second-order valence-corrected chi connectivity index (χ2v) is 4.13. The zero-order valence-corrected chi connectivity index (χ0v) is 9.91. The molecular weight excluding hydrogens is 263 g/mol. The Morgan fingerprint density at radius 3 is 2.42 bits per heavy atom. The van der Waals surface area contributed by atoms with E-state index in [1.165, 1.54) is 6.07 Å². The summed E-state index contributed by atoms with van der Waals surface area (Å²) in [6, 6.07) is 2.78. The molecule has 0 atom stereocenters. The summed E-state index contributed by atoms with van der Waals surface area (Å²) in [5.74, 6) is -1.37. The van der Waals surface area contributed by atoms with E-state index in [-0.39, 0.29) is 5.56 Å². The molecule has 4 nitrogen and oxygen atoms in total. The van der Waals surface area contributed by atoms with Crippen molar-refractivity contribution >= 4 is 11.7 Å². The Kier molecular flexibility index (Phi) is 3.66. The Morgan fingerprint density at radius 1 is 1.26 bits per heavy atom. The summed E-state index contributed by atoms with van der Waals surface area (Å²) in [6.07, 6.45) is -4.55. The molecule has 1 aromatic carbocycles. The Hall–Kier alpha value is -1.76. The van der Waals surface area contributed by atoms with Gasteiger partial charge in [-0.05, 0) is 18.2 Å². The number of rotatable bonds is 2. The minimum Gasteiger partial charge on any atom is -0.478 e. The van der Waals surface area contributed by atoms with E-state index in [0.717, 1.165) is 6.07 Å². The van der Waals surface area contributed by atoms with Gasteiger partial charge in [-0.25, -0.2) is 4.79 Å². The van der Waals surface area contributed by atoms with Crippen molar-refractivity contribution in [2.45, 2.75) is 6.18 Å². The third kappa shape index (κ3) is 2.98. The molecule has 0 amide bonds. The van der Waals surface area contributed by atoms with Gasteiger partial charge >= 0.3 is 12.1 Å². The fraction of sp³-hybridized carbons (Fsp3) is 0.417. The van der Waals surface area contributed by atoms with Crippen LogP contribution >= 0.6 is 0 Å². The van der Waals surface area contributed by atoms with E-state index in [4.69, 9.17) is 9.84 Å². The number of carboxylic acid groups (broad SMARTS) is 1. The van der Waals surface area contributed by atoms with Crippen LogP contribution in [0.1, 0.15) is 15.9 Å². The molecule has 104 valence electrons. The van der Waals surface area contributed by atoms with Crippen molar-refractivity contribution in [1.29, 1.82) is 0 Å². The standard InChI is InChI=1S/C12H12F3NO3/c13-12(14,15)8-1-2-10(9(7-8)11(17)18)16-3-5-19-6-4-16/h1-2,7H,3-6H2,(H,17,18). The third-order valence-electron chi connectivity index (χ3n) is 2.91. The molecule has 1 heterocycles. The maximum absolute atomic E-state index is 12.6. The van der Waals surface area contributed by atoms with Crippen molar-refractivity contribution in [3.8, 4) is 0 Å². The molecule has 1 aromatic rings. The summed E-state index contributed by atoms with van der Waals surface area (Å²) in [4.78, 5) is 12.8. The van der Waals surface area contributed by atoms with E-state index in [2.05, 4.69) is 0 Å². The summed E-state index contributed by atoms with van der Waals surface area (Å²) in [6.45, 7) is 1.79. The smallest absolute Gasteiger partial charge is 0.416 e. The minimum absolute atomic E-state index is 0.295. The molecule has 7 heteroatoms. The molecule has 0 unspecified atom stereocenters. The first kappa shape index (κ1) is 13.7. The van der Waals surface area contributed by atoms with Crippen molar-refractivity contribution in [3.05, 3.63) is 29.3 Å². The van der Waals surface area contributed by atoms with Gasteiger partial charge in [0.2, 0.25) is 0 Å². The lowest BCUT2D eigenvalue weighted by Crippen LogP contribution is -2.37. The number of carboxylic acids is 1. The number of benzene rings is 1. The average molecular weight is 275 g/mol. The number of aromatic carboxylic acids is 1. The third-order valence-corrected chi connectivity index (χ3v) is 2.91. The van der Waals surface area contributed by atoms with E-state index < -0.39 is 17.7 Å². The van der Waals surface area contributed by atoms with Gasteiger partial charge in [-0.1, -0.05) is 0 Å². The monoisotopic (exact) mass is 275 g/mol. The molecule has 2 rings (SSSR count). The van der Waals surface area contributed by atoms with Crippen LogP contribution in [0.5, 0.6) is 0 Å². The number of nitrogens with zero attached hydrogens (tertiary/aromatic N) is 1. The van der Waals surface area contributed by atoms with Crippen LogP contribution in [0.3, 0.4) is 0 Å². The van der Waals surface area contributed by atoms with Gasteiger partial charge in [-0.2, -0.15) is 13.2 Å². The number of morpholine rings is 1. The number of hydrogen-bond acceptors (Lipinski definition) is 3. The highest BCUT2D eigenvalue weighted by molar-refractivity contribution is 5.94. The van der Waals surface area contributed by atoms with Crippen molar-refractivity contribution in [1.82, 2.24) is 0 Å². The number of ether oxygens (including phenoxy) is 1. The minimum atomic E-state index is -4.55. The Labute approximate surface area is 107 Å². The van der Waals surface area contributed by atoms with Gasteiger partial charge in [-0.15, -0.1) is 0 Å². The predicted octanol–water partition coefficient (Wildman–Crippen LogP) is 2.24. The number of anilines is 1. The second kappa shape index (κ2) is 5.08. The molecular formula is C12H12F3NO3. The first-order chi connectivity index (χ1) is 8.89. The fourth-order valence-electron chi connectivity index (χ4n) is 1.96. The first-order valence-electron chi connectivity index (χ1n) is 5.67. The van der Waals surface area contributed by atoms with Crippen molar-refractivity contribution < 1.29 is 27.8 Å². The number of carbonyl (C=O) groups is 1. The van der Waals surface area contributed by atoms with Crippen LogP contribution in [0.4, 0.5) is 18.9 Å². The highest BCUT2D eigenvalue weighted by Gasteiger charge is 2.32. The van der Waals surface area contributed by atoms with Gasteiger partial charge in [0, 0.05) is 13.1 Å². The first-order valence-corrected chi connectivity index (χ1v) is 5.67. The van der Waals surface area contributed by atoms with Gasteiger partial charge in [0.25, 0.3) is 0 Å². The van der Waals surface area contributed by atoms with Crippen LogP contribution in [0.15, 0.2) is 18.2 Å². The van der Waals surface area contributed by atoms with Crippen LogP contribution in [-0.2, 0) is 10.9 Å². The molecule has 1 aliphatic rings. The molecule has 19 heavy (non-hydrogen) atoms. The molecule has 1 aliphatic heterocycles. The lowest BCUT2D eigenvalue weighted by molar-refractivity contribution is -0.137. The summed E-state index contributed by atoms with van der Waals surface area (Å²) < 4.78 is 42.9. The van der Waals surface area contributed by atoms with Gasteiger partial charge in [-0.3, -0.25) is 0 Å². The van der Waals surface area contributed by atoms with Gasteiger partial charge in [0.1, 0.15) is 0 Å². The van der Waals surface area contributed by atoms with Crippen molar-refractivity contribution in [2.24, 2.45) is 0 Å². The van der Waals surface area contributed by atoms with E-state index in [0.29, 0.717) is 38.1 Å². The zero-order chi connectivity index (χ0) is 14.0. The molecule has 0 aliphatic carbocycles. The van der Waals surface area contributed by atoms with Crippen molar-refractivity contribution in [2.75, 3.05) is 31.2 Å². The highest BCUT2D eigenvalue weighted by atomic mass is 19.4. The highest BCUT2D eigenvalue weighted by Crippen LogP contribution is 2.33. The van der Waals surface area contributed by atoms with E-state index >= 15 is 0 Å². The summed E-state index contributed by atoms with van der Waals surface area (Å²) in [7, 11) is 0. The van der Waals surface area contributed by atoms with Gasteiger partial charge < -0.3 is 14.7 Å². The Bertz CT molecular complexity index is 482. The Balaban J connectivity index is 2.40. The van der Waals surface area contributed by atoms with Crippen LogP contribution in [0.25, 0.3) is 0 Å². The average Bonchev–Trinajstić information content (AvgIpc) is 2.38. The quantitative estimate of drug-likeness (QED) is 0.899. The summed E-state index contributed by atoms with van der Waals surface area (Å²) >= 11 is 0. The summed E-state index contributed by atoms with van der Waals surface area (Å²) in [5.41, 5.74) is -0.998. The summed E-state index contributed by atoms with van der Waals surface area (Å²) in [5, 5.41) is 9.06. The normalized spacial score (nSPS) is 16.5. The maximum atomic E-state index is 12.6. The van der Waals surface area contributed by atoms with Crippen LogP contribution in [0.2, 0.25) is 0 Å². The molecule has 0 radical (unpaired) electrons. The topological polar surface area (TPSA) is 49.8 Å². The second-order valence-electron chi connectivity index (χ2n) is 4.13. The number of hydrogen-bond donors (Lipinski definition) is 1. The number of halogens is 3. The van der Waals surface area contributed by atoms with Gasteiger partial charge in [0.15, 0.2) is 0 Å². The zero-order valence-electron chi connectivity index (χ0n) is 9.91.